The monoisotopic (exact) mass is 214 g/mol. The van der Waals surface area contributed by atoms with Crippen LogP contribution in [0.5, 0.6) is 0 Å². The fourth-order valence-electron chi connectivity index (χ4n) is 1.44. The molecule has 5 heteroatoms. The van der Waals surface area contributed by atoms with Crippen molar-refractivity contribution >= 4 is 11.9 Å². The first-order valence-corrected chi connectivity index (χ1v) is 5.08. The number of carbonyl (C=O) groups is 2. The topological polar surface area (TPSA) is 78.4 Å². The molecule has 1 aliphatic heterocycles. The number of carbonyl (C=O) groups excluding carboxylic acids is 1. The van der Waals surface area contributed by atoms with Crippen LogP contribution in [-0.4, -0.2) is 35.6 Å². The van der Waals surface area contributed by atoms with Crippen LogP contribution < -0.4 is 10.6 Å². The number of hydrogen-bond acceptors (Lipinski definition) is 3. The number of amides is 1. The highest BCUT2D eigenvalue weighted by molar-refractivity contribution is 5.82. The van der Waals surface area contributed by atoms with E-state index in [1.54, 1.807) is 0 Å². The summed E-state index contributed by atoms with van der Waals surface area (Å²) in [4.78, 5) is 22.3. The van der Waals surface area contributed by atoms with Gasteiger partial charge in [-0.05, 0) is 6.42 Å². The third-order valence-corrected chi connectivity index (χ3v) is 2.45. The van der Waals surface area contributed by atoms with Gasteiger partial charge in [-0.3, -0.25) is 9.59 Å². The second-order valence-corrected chi connectivity index (χ2v) is 4.96. The number of nitrogens with one attached hydrogen (secondary N) is 2. The molecular formula is C10H18N2O3. The van der Waals surface area contributed by atoms with Crippen molar-refractivity contribution in [3.63, 3.8) is 0 Å². The van der Waals surface area contributed by atoms with Crippen LogP contribution in [0.2, 0.25) is 0 Å². The first kappa shape index (κ1) is 12.0. The van der Waals surface area contributed by atoms with Crippen LogP contribution in [0.15, 0.2) is 0 Å². The third-order valence-electron chi connectivity index (χ3n) is 2.45. The molecule has 1 rings (SSSR count). The molecule has 0 aromatic heterocycles. The Morgan fingerprint density at radius 1 is 1.40 bits per heavy atom. The average molecular weight is 214 g/mol. The van der Waals surface area contributed by atoms with E-state index < -0.39 is 17.4 Å². The van der Waals surface area contributed by atoms with Crippen LogP contribution in [0.1, 0.15) is 27.2 Å². The van der Waals surface area contributed by atoms with Crippen molar-refractivity contribution < 1.29 is 14.7 Å². The molecule has 86 valence electrons. The molecule has 0 unspecified atom stereocenters. The van der Waals surface area contributed by atoms with Crippen molar-refractivity contribution in [3.8, 4) is 0 Å². The second-order valence-electron chi connectivity index (χ2n) is 4.96. The zero-order valence-corrected chi connectivity index (χ0v) is 9.33. The summed E-state index contributed by atoms with van der Waals surface area (Å²) in [6, 6.07) is -0.604. The Morgan fingerprint density at radius 2 is 2.00 bits per heavy atom. The fourth-order valence-corrected chi connectivity index (χ4v) is 1.44. The minimum atomic E-state index is -0.859. The number of rotatable bonds is 2. The molecule has 1 amide bonds. The van der Waals surface area contributed by atoms with Gasteiger partial charge in [0.1, 0.15) is 6.04 Å². The molecule has 3 N–H and O–H groups in total. The Bertz CT molecular complexity index is 270. The zero-order valence-electron chi connectivity index (χ0n) is 9.33. The highest BCUT2D eigenvalue weighted by atomic mass is 16.4. The van der Waals surface area contributed by atoms with Crippen molar-refractivity contribution in [2.45, 2.75) is 39.3 Å². The Hall–Kier alpha value is -1.10. The maximum atomic E-state index is 11.6. The average Bonchev–Trinajstić information content (AvgIpc) is 2.50. The molecule has 0 spiro atoms. The summed E-state index contributed by atoms with van der Waals surface area (Å²) < 4.78 is 0. The van der Waals surface area contributed by atoms with E-state index >= 15 is 0 Å². The number of carboxylic acids is 1. The maximum Gasteiger partial charge on any atom is 0.320 e. The van der Waals surface area contributed by atoms with Crippen molar-refractivity contribution in [3.05, 3.63) is 0 Å². The van der Waals surface area contributed by atoms with Gasteiger partial charge in [-0.1, -0.05) is 20.8 Å². The minimum Gasteiger partial charge on any atom is -0.480 e. The number of carboxylic acid groups (broad SMARTS) is 1. The molecule has 1 heterocycles. The zero-order chi connectivity index (χ0) is 11.6. The van der Waals surface area contributed by atoms with Gasteiger partial charge in [0.25, 0.3) is 0 Å². The quantitative estimate of drug-likeness (QED) is 0.603. The lowest BCUT2D eigenvalue weighted by atomic mass is 9.95. The summed E-state index contributed by atoms with van der Waals surface area (Å²) in [5.74, 6) is -0.900. The van der Waals surface area contributed by atoms with E-state index in [1.807, 2.05) is 20.8 Å². The predicted octanol–water partition coefficient (Wildman–Crippen LogP) is -0.0362. The highest BCUT2D eigenvalue weighted by Gasteiger charge is 2.32. The van der Waals surface area contributed by atoms with Crippen molar-refractivity contribution in [1.82, 2.24) is 10.6 Å². The lowest BCUT2D eigenvalue weighted by Crippen LogP contribution is -2.42. The van der Waals surface area contributed by atoms with Crippen LogP contribution >= 0.6 is 0 Å². The molecule has 0 saturated carbocycles. The largest absolute Gasteiger partial charge is 0.480 e. The molecule has 0 radical (unpaired) electrons. The molecule has 1 saturated heterocycles. The molecule has 0 bridgehead atoms. The maximum absolute atomic E-state index is 11.6. The smallest absolute Gasteiger partial charge is 0.320 e. The summed E-state index contributed by atoms with van der Waals surface area (Å²) in [5, 5.41) is 14.4. The predicted molar refractivity (Wildman–Crippen MR) is 55.4 cm³/mol. The number of hydrogen-bond donors (Lipinski definition) is 3. The van der Waals surface area contributed by atoms with Gasteiger partial charge < -0.3 is 15.7 Å². The molecule has 0 aromatic carbocycles. The summed E-state index contributed by atoms with van der Waals surface area (Å²) in [7, 11) is 0. The summed E-state index contributed by atoms with van der Waals surface area (Å²) in [5.41, 5.74) is -0.429. The Balaban J connectivity index is 2.43. The molecule has 0 aliphatic carbocycles. The summed E-state index contributed by atoms with van der Waals surface area (Å²) >= 11 is 0. The van der Waals surface area contributed by atoms with Gasteiger partial charge in [-0.2, -0.15) is 0 Å². The first-order valence-electron chi connectivity index (χ1n) is 5.08. The van der Waals surface area contributed by atoms with E-state index in [9.17, 15) is 9.59 Å². The normalized spacial score (nSPS) is 26.3. The molecule has 15 heavy (non-hydrogen) atoms. The lowest BCUT2D eigenvalue weighted by molar-refractivity contribution is -0.139. The van der Waals surface area contributed by atoms with Crippen molar-refractivity contribution in [1.29, 1.82) is 0 Å². The van der Waals surface area contributed by atoms with Crippen LogP contribution in [0.25, 0.3) is 0 Å². The summed E-state index contributed by atoms with van der Waals surface area (Å²) in [6.07, 6.45) is 0.456. The molecule has 5 nitrogen and oxygen atoms in total. The van der Waals surface area contributed by atoms with Crippen molar-refractivity contribution in [2.24, 2.45) is 5.41 Å². The van der Waals surface area contributed by atoms with Crippen LogP contribution in [0, 0.1) is 5.41 Å². The highest BCUT2D eigenvalue weighted by Crippen LogP contribution is 2.15. The minimum absolute atomic E-state index is 0.0414. The Labute approximate surface area is 89.2 Å². The molecular weight excluding hydrogens is 196 g/mol. The SMILES string of the molecule is CC(C)(C)C(=O)N[C@H]1CN[C@H](C(=O)O)C1. The lowest BCUT2D eigenvalue weighted by Gasteiger charge is -2.20. The van der Waals surface area contributed by atoms with Gasteiger partial charge in [0.05, 0.1) is 0 Å². The Kier molecular flexibility index (Phi) is 3.34. The summed E-state index contributed by atoms with van der Waals surface area (Å²) in [6.45, 7) is 6.02. The van der Waals surface area contributed by atoms with Crippen molar-refractivity contribution in [2.75, 3.05) is 6.54 Å². The van der Waals surface area contributed by atoms with E-state index in [-0.39, 0.29) is 11.9 Å². The van der Waals surface area contributed by atoms with Crippen LogP contribution in [0.4, 0.5) is 0 Å². The van der Waals surface area contributed by atoms with Gasteiger partial charge in [-0.25, -0.2) is 0 Å². The standard InChI is InChI=1S/C10H18N2O3/c1-10(2,3)9(15)12-6-4-7(8(13)14)11-5-6/h6-7,11H,4-5H2,1-3H3,(H,12,15)(H,13,14)/t6-,7+/m1/s1. The van der Waals surface area contributed by atoms with E-state index in [4.69, 9.17) is 5.11 Å². The van der Waals surface area contributed by atoms with Crippen LogP contribution in [0.3, 0.4) is 0 Å². The first-order chi connectivity index (χ1) is 6.80. The van der Waals surface area contributed by atoms with E-state index in [2.05, 4.69) is 10.6 Å². The van der Waals surface area contributed by atoms with E-state index in [0.717, 1.165) is 0 Å². The Morgan fingerprint density at radius 3 is 2.40 bits per heavy atom. The van der Waals surface area contributed by atoms with Gasteiger partial charge in [-0.15, -0.1) is 0 Å². The number of aliphatic carboxylic acids is 1. The van der Waals surface area contributed by atoms with Gasteiger partial charge in [0.2, 0.25) is 5.91 Å². The van der Waals surface area contributed by atoms with E-state index in [0.29, 0.717) is 13.0 Å². The van der Waals surface area contributed by atoms with Gasteiger partial charge >= 0.3 is 5.97 Å². The molecule has 1 fully saturated rings. The molecule has 0 aromatic rings. The van der Waals surface area contributed by atoms with Gasteiger partial charge in [0.15, 0.2) is 0 Å². The molecule has 1 aliphatic rings. The van der Waals surface area contributed by atoms with Crippen LogP contribution in [-0.2, 0) is 9.59 Å². The van der Waals surface area contributed by atoms with Gasteiger partial charge in [0, 0.05) is 18.0 Å². The third kappa shape index (κ3) is 3.20. The van der Waals surface area contributed by atoms with E-state index in [1.165, 1.54) is 0 Å². The fraction of sp³-hybridized carbons (Fsp3) is 0.800. The molecule has 2 atom stereocenters. The second kappa shape index (κ2) is 4.18.